The van der Waals surface area contributed by atoms with E-state index in [2.05, 4.69) is 13.8 Å². The molecule has 0 amide bonds. The maximum Gasteiger partial charge on any atom is 1.00 e. The molecule has 0 aliphatic heterocycles. The Morgan fingerprint density at radius 2 is 0.694 bits per heavy atom. The number of rotatable bonds is 23. The van der Waals surface area contributed by atoms with E-state index >= 15 is 0 Å². The average Bonchev–Trinajstić information content (AvgIpc) is 2.79. The van der Waals surface area contributed by atoms with E-state index in [0.29, 0.717) is 0 Å². The number of hydrogen-bond acceptors (Lipinski definition) is 7. The largest absolute Gasteiger partial charge is 1.00 e. The van der Waals surface area contributed by atoms with Gasteiger partial charge in [0.25, 0.3) is 0 Å². The van der Waals surface area contributed by atoms with Crippen LogP contribution in [0.1, 0.15) is 142 Å². The Bertz CT molecular complexity index is 410. The monoisotopic (exact) mass is 558 g/mol. The van der Waals surface area contributed by atoms with Crippen molar-refractivity contribution < 1.29 is 91.6 Å². The second-order valence-electron chi connectivity index (χ2n) is 8.83. The Labute approximate surface area is 268 Å². The SMILES string of the molecule is CCCCCCCCCCCCOCCCCCCCCCCCC.O=S(=O)([O-])[O-].OCCO.[Na+].[Na+]. The maximum absolute atomic E-state index is 8.52. The van der Waals surface area contributed by atoms with Gasteiger partial charge < -0.3 is 24.1 Å². The fourth-order valence-electron chi connectivity index (χ4n) is 3.49. The molecular formula is C26H56Na2O7S. The Morgan fingerprint density at radius 3 is 0.889 bits per heavy atom. The van der Waals surface area contributed by atoms with E-state index in [9.17, 15) is 0 Å². The first-order chi connectivity index (χ1) is 16.3. The molecule has 0 aromatic heterocycles. The van der Waals surface area contributed by atoms with Crippen molar-refractivity contribution in [1.82, 2.24) is 0 Å². The normalized spacial score (nSPS) is 10.3. The Hall–Kier alpha value is 1.75. The fraction of sp³-hybridized carbons (Fsp3) is 1.00. The van der Waals surface area contributed by atoms with Gasteiger partial charge in [-0.2, -0.15) is 0 Å². The molecule has 10 heteroatoms. The quantitative estimate of drug-likeness (QED) is 0.0808. The van der Waals surface area contributed by atoms with Gasteiger partial charge in [-0.15, -0.1) is 0 Å². The minimum Gasteiger partial charge on any atom is -0.759 e. The average molecular weight is 559 g/mol. The Kier molecular flexibility index (Phi) is 57.8. The summed E-state index contributed by atoms with van der Waals surface area (Å²) < 4.78 is 39.9. The molecule has 0 fully saturated rings. The minimum atomic E-state index is -5.17. The molecule has 0 saturated carbocycles. The van der Waals surface area contributed by atoms with Gasteiger partial charge in [0.15, 0.2) is 0 Å². The van der Waals surface area contributed by atoms with Gasteiger partial charge in [0, 0.05) is 23.6 Å². The van der Waals surface area contributed by atoms with Crippen molar-refractivity contribution in [3.8, 4) is 0 Å². The molecule has 2 N–H and O–H groups in total. The van der Waals surface area contributed by atoms with E-state index < -0.39 is 10.4 Å². The second-order valence-corrected chi connectivity index (χ2v) is 9.65. The first-order valence-electron chi connectivity index (χ1n) is 13.8. The van der Waals surface area contributed by atoms with E-state index in [1.165, 1.54) is 128 Å². The van der Waals surface area contributed by atoms with Crippen LogP contribution in [-0.4, -0.2) is 54.2 Å². The molecule has 0 aliphatic carbocycles. The summed E-state index contributed by atoms with van der Waals surface area (Å²) in [5, 5.41) is 15.2. The zero-order chi connectivity index (χ0) is 26.2. The predicted octanol–water partition coefficient (Wildman–Crippen LogP) is 0.486. The van der Waals surface area contributed by atoms with Gasteiger partial charge in [-0.3, -0.25) is 8.42 Å². The van der Waals surface area contributed by atoms with Crippen molar-refractivity contribution in [1.29, 1.82) is 0 Å². The van der Waals surface area contributed by atoms with Crippen LogP contribution in [0.5, 0.6) is 0 Å². The van der Waals surface area contributed by atoms with Crippen LogP contribution >= 0.6 is 0 Å². The Balaban J connectivity index is -0.000000248. The van der Waals surface area contributed by atoms with E-state index in [1.54, 1.807) is 0 Å². The van der Waals surface area contributed by atoms with Gasteiger partial charge >= 0.3 is 59.1 Å². The molecule has 210 valence electrons. The molecule has 0 bridgehead atoms. The maximum atomic E-state index is 8.52. The van der Waals surface area contributed by atoms with Gasteiger partial charge in [0.2, 0.25) is 0 Å². The van der Waals surface area contributed by atoms with Crippen molar-refractivity contribution in [3.63, 3.8) is 0 Å². The van der Waals surface area contributed by atoms with Crippen LogP contribution in [0.4, 0.5) is 0 Å². The Morgan fingerprint density at radius 1 is 0.500 bits per heavy atom. The summed E-state index contributed by atoms with van der Waals surface area (Å²) >= 11 is 0. The van der Waals surface area contributed by atoms with E-state index in [4.69, 9.17) is 32.5 Å². The summed E-state index contributed by atoms with van der Waals surface area (Å²) in [5.41, 5.74) is 0. The number of hydrogen-bond donors (Lipinski definition) is 2. The van der Waals surface area contributed by atoms with E-state index in [-0.39, 0.29) is 72.3 Å². The minimum absolute atomic E-state index is 0. The first kappa shape index (κ1) is 47.5. The molecular weight excluding hydrogens is 502 g/mol. The number of aliphatic hydroxyl groups excluding tert-OH is 2. The summed E-state index contributed by atoms with van der Waals surface area (Å²) in [6.07, 6.45) is 28.2. The molecule has 0 aromatic carbocycles. The van der Waals surface area contributed by atoms with Crippen molar-refractivity contribution in [2.24, 2.45) is 0 Å². The standard InChI is InChI=1S/C24H50O.C2H6O2.2Na.H2O4S/c1-3-5-7-9-11-13-15-17-19-21-23-25-24-22-20-18-16-14-12-10-8-6-4-2;3-1-2-4;;;1-5(2,3)4/h3-24H2,1-2H3;3-4H,1-2H2;;;(H2,1,2,3,4)/q;;2*+1;/p-2. The summed E-state index contributed by atoms with van der Waals surface area (Å²) in [5.74, 6) is 0. The third-order valence-electron chi connectivity index (χ3n) is 5.38. The number of unbranched alkanes of at least 4 members (excludes halogenated alkanes) is 18. The van der Waals surface area contributed by atoms with Crippen molar-refractivity contribution >= 4 is 10.4 Å². The molecule has 7 nitrogen and oxygen atoms in total. The molecule has 0 heterocycles. The zero-order valence-electron chi connectivity index (χ0n) is 24.3. The summed E-state index contributed by atoms with van der Waals surface area (Å²) in [4.78, 5) is 0. The molecule has 36 heavy (non-hydrogen) atoms. The molecule has 0 saturated heterocycles. The van der Waals surface area contributed by atoms with Crippen molar-refractivity contribution in [3.05, 3.63) is 0 Å². The van der Waals surface area contributed by atoms with Crippen LogP contribution < -0.4 is 59.1 Å². The van der Waals surface area contributed by atoms with Crippen molar-refractivity contribution in [2.45, 2.75) is 142 Å². The third-order valence-corrected chi connectivity index (χ3v) is 5.38. The first-order valence-corrected chi connectivity index (χ1v) is 15.1. The van der Waals surface area contributed by atoms with Crippen LogP contribution in [0.15, 0.2) is 0 Å². The van der Waals surface area contributed by atoms with Crippen LogP contribution in [0.2, 0.25) is 0 Å². The third kappa shape index (κ3) is 70.5. The fourth-order valence-corrected chi connectivity index (χ4v) is 3.49. The van der Waals surface area contributed by atoms with Gasteiger partial charge in [-0.1, -0.05) is 129 Å². The summed E-state index contributed by atoms with van der Waals surface area (Å²) in [6.45, 7) is 6.32. The van der Waals surface area contributed by atoms with Gasteiger partial charge in [0.05, 0.1) is 13.2 Å². The van der Waals surface area contributed by atoms with Crippen LogP contribution in [0.25, 0.3) is 0 Å². The topological polar surface area (TPSA) is 130 Å². The van der Waals surface area contributed by atoms with Gasteiger partial charge in [-0.05, 0) is 12.8 Å². The second kappa shape index (κ2) is 43.8. The molecule has 0 unspecified atom stereocenters. The zero-order valence-corrected chi connectivity index (χ0v) is 29.1. The summed E-state index contributed by atoms with van der Waals surface area (Å²) in [7, 11) is -5.17. The van der Waals surface area contributed by atoms with Crippen molar-refractivity contribution in [2.75, 3.05) is 26.4 Å². The summed E-state index contributed by atoms with van der Waals surface area (Å²) in [6, 6.07) is 0. The molecule has 0 atom stereocenters. The predicted molar refractivity (Wildman–Crippen MR) is 139 cm³/mol. The molecule has 0 aromatic rings. The van der Waals surface area contributed by atoms with E-state index in [0.717, 1.165) is 13.2 Å². The van der Waals surface area contributed by atoms with Crippen LogP contribution in [0, 0.1) is 0 Å². The molecule has 0 spiro atoms. The van der Waals surface area contributed by atoms with Crippen LogP contribution in [0.3, 0.4) is 0 Å². The number of aliphatic hydroxyl groups is 2. The van der Waals surface area contributed by atoms with Crippen LogP contribution in [-0.2, 0) is 15.1 Å². The molecule has 0 radical (unpaired) electrons. The number of ether oxygens (including phenoxy) is 1. The molecule has 0 aliphatic rings. The van der Waals surface area contributed by atoms with Gasteiger partial charge in [0.1, 0.15) is 0 Å². The molecule has 0 rings (SSSR count). The van der Waals surface area contributed by atoms with E-state index in [1.807, 2.05) is 0 Å². The smallest absolute Gasteiger partial charge is 0.759 e. The van der Waals surface area contributed by atoms with Gasteiger partial charge in [-0.25, -0.2) is 0 Å².